The third-order valence-electron chi connectivity index (χ3n) is 4.68. The van der Waals surface area contributed by atoms with Crippen LogP contribution in [0.1, 0.15) is 16.8 Å². The Balaban J connectivity index is 1.45. The lowest BCUT2D eigenvalue weighted by Gasteiger charge is -2.10. The summed E-state index contributed by atoms with van der Waals surface area (Å²) in [4.78, 5) is 32.7. The number of nitrogens with zero attached hydrogens (tertiary/aromatic N) is 2. The lowest BCUT2D eigenvalue weighted by molar-refractivity contribution is -0.115. The summed E-state index contributed by atoms with van der Waals surface area (Å²) in [6, 6.07) is 9.97. The standard InChI is InChI=1S/C22H17FN4O4S/c23-13-3-1-12(2-4-13)16-10-32-21-19(16)20(25-11-26-21)24-8-7-18(29)27-14-5-6-17(28)15(9-14)22(30)31/h1-6,9-11,28H,7-8H2,(H,27,29)(H,30,31)(H,24,25,26). The molecular formula is C22H17FN4O4S. The minimum Gasteiger partial charge on any atom is -0.507 e. The van der Waals surface area contributed by atoms with Gasteiger partial charge in [-0.15, -0.1) is 11.3 Å². The molecule has 4 aromatic rings. The molecule has 2 heterocycles. The molecule has 1 amide bonds. The zero-order valence-corrected chi connectivity index (χ0v) is 17.3. The summed E-state index contributed by atoms with van der Waals surface area (Å²) in [5.74, 6) is -1.77. The number of benzene rings is 2. The molecule has 4 N–H and O–H groups in total. The summed E-state index contributed by atoms with van der Waals surface area (Å²) in [5.41, 5.74) is 1.67. The van der Waals surface area contributed by atoms with Crippen LogP contribution < -0.4 is 10.6 Å². The number of nitrogens with one attached hydrogen (secondary N) is 2. The summed E-state index contributed by atoms with van der Waals surface area (Å²) >= 11 is 1.44. The molecular weight excluding hydrogens is 435 g/mol. The van der Waals surface area contributed by atoms with E-state index < -0.39 is 5.97 Å². The highest BCUT2D eigenvalue weighted by atomic mass is 32.1. The van der Waals surface area contributed by atoms with Crippen molar-refractivity contribution in [3.63, 3.8) is 0 Å². The van der Waals surface area contributed by atoms with E-state index in [9.17, 15) is 19.1 Å². The fourth-order valence-corrected chi connectivity index (χ4v) is 4.07. The van der Waals surface area contributed by atoms with Gasteiger partial charge in [0.2, 0.25) is 5.91 Å². The lowest BCUT2D eigenvalue weighted by Crippen LogP contribution is -2.17. The smallest absolute Gasteiger partial charge is 0.339 e. The van der Waals surface area contributed by atoms with Gasteiger partial charge in [-0.3, -0.25) is 4.79 Å². The minimum absolute atomic E-state index is 0.0881. The summed E-state index contributed by atoms with van der Waals surface area (Å²) in [5, 5.41) is 27.1. The molecule has 10 heteroatoms. The molecule has 0 atom stereocenters. The first kappa shape index (κ1) is 21.2. The number of anilines is 2. The highest BCUT2D eigenvalue weighted by Crippen LogP contribution is 2.36. The van der Waals surface area contributed by atoms with Crippen LogP contribution in [-0.2, 0) is 4.79 Å². The number of hydrogen-bond donors (Lipinski definition) is 4. The van der Waals surface area contributed by atoms with E-state index in [2.05, 4.69) is 20.6 Å². The maximum atomic E-state index is 13.3. The Morgan fingerprint density at radius 2 is 1.88 bits per heavy atom. The predicted octanol–water partition coefficient (Wildman–Crippen LogP) is 4.34. The Labute approximate surface area is 185 Å². The van der Waals surface area contributed by atoms with Gasteiger partial charge in [0.15, 0.2) is 0 Å². The lowest BCUT2D eigenvalue weighted by atomic mass is 10.1. The predicted molar refractivity (Wildman–Crippen MR) is 120 cm³/mol. The number of fused-ring (bicyclic) bond motifs is 1. The SMILES string of the molecule is O=C(CCNc1ncnc2scc(-c3ccc(F)cc3)c12)Nc1ccc(O)c(C(=O)O)c1. The van der Waals surface area contributed by atoms with Gasteiger partial charge >= 0.3 is 5.97 Å². The number of aromatic carboxylic acids is 1. The normalized spacial score (nSPS) is 10.8. The molecule has 0 fully saturated rings. The van der Waals surface area contributed by atoms with Gasteiger partial charge in [0.1, 0.15) is 34.1 Å². The van der Waals surface area contributed by atoms with Gasteiger partial charge in [-0.2, -0.15) is 0 Å². The summed E-state index contributed by atoms with van der Waals surface area (Å²) in [6.07, 6.45) is 1.52. The Morgan fingerprint density at radius 1 is 1.09 bits per heavy atom. The number of carbonyl (C=O) groups excluding carboxylic acids is 1. The number of aromatic nitrogens is 2. The molecule has 2 aromatic carbocycles. The maximum absolute atomic E-state index is 13.3. The van der Waals surface area contributed by atoms with Crippen LogP contribution >= 0.6 is 11.3 Å². The van der Waals surface area contributed by atoms with Crippen molar-refractivity contribution in [2.24, 2.45) is 0 Å². The summed E-state index contributed by atoms with van der Waals surface area (Å²) in [7, 11) is 0. The first-order valence-corrected chi connectivity index (χ1v) is 10.4. The number of hydrogen-bond acceptors (Lipinski definition) is 7. The van der Waals surface area contributed by atoms with E-state index in [0.29, 0.717) is 5.82 Å². The van der Waals surface area contributed by atoms with Gasteiger partial charge in [0, 0.05) is 29.6 Å². The molecule has 0 radical (unpaired) electrons. The zero-order valence-electron chi connectivity index (χ0n) is 16.5. The van der Waals surface area contributed by atoms with Crippen molar-refractivity contribution in [2.75, 3.05) is 17.2 Å². The third kappa shape index (κ3) is 4.49. The fraction of sp³-hybridized carbons (Fsp3) is 0.0909. The molecule has 0 aliphatic rings. The van der Waals surface area contributed by atoms with Crippen molar-refractivity contribution in [1.82, 2.24) is 9.97 Å². The number of halogens is 1. The molecule has 8 nitrogen and oxygen atoms in total. The number of rotatable bonds is 7. The number of amides is 1. The maximum Gasteiger partial charge on any atom is 0.339 e. The molecule has 32 heavy (non-hydrogen) atoms. The molecule has 0 unspecified atom stereocenters. The zero-order chi connectivity index (χ0) is 22.7. The second-order valence-corrected chi connectivity index (χ2v) is 7.68. The number of carbonyl (C=O) groups is 2. The quantitative estimate of drug-likeness (QED) is 0.307. The highest BCUT2D eigenvalue weighted by Gasteiger charge is 2.14. The monoisotopic (exact) mass is 452 g/mol. The van der Waals surface area contributed by atoms with Crippen LogP contribution in [-0.4, -0.2) is 38.6 Å². The van der Waals surface area contributed by atoms with Crippen LogP contribution in [0.2, 0.25) is 0 Å². The van der Waals surface area contributed by atoms with Crippen molar-refractivity contribution < 1.29 is 24.2 Å². The van der Waals surface area contributed by atoms with E-state index in [1.807, 2.05) is 5.38 Å². The minimum atomic E-state index is -1.29. The van der Waals surface area contributed by atoms with Crippen LogP contribution in [0.4, 0.5) is 15.9 Å². The van der Waals surface area contributed by atoms with E-state index in [-0.39, 0.29) is 41.7 Å². The van der Waals surface area contributed by atoms with Crippen LogP contribution in [0.5, 0.6) is 5.75 Å². The number of aromatic hydroxyl groups is 1. The Hall–Kier alpha value is -4.05. The average molecular weight is 452 g/mol. The third-order valence-corrected chi connectivity index (χ3v) is 5.57. The van der Waals surface area contributed by atoms with Crippen LogP contribution in [0.25, 0.3) is 21.3 Å². The average Bonchev–Trinajstić information content (AvgIpc) is 3.20. The van der Waals surface area contributed by atoms with Crippen molar-refractivity contribution in [3.05, 3.63) is 65.6 Å². The Morgan fingerprint density at radius 3 is 2.62 bits per heavy atom. The van der Waals surface area contributed by atoms with Gasteiger partial charge in [-0.25, -0.2) is 19.2 Å². The highest BCUT2D eigenvalue weighted by molar-refractivity contribution is 7.17. The van der Waals surface area contributed by atoms with Crippen molar-refractivity contribution >= 4 is 44.9 Å². The molecule has 0 bridgehead atoms. The van der Waals surface area contributed by atoms with E-state index in [4.69, 9.17) is 5.11 Å². The molecule has 2 aromatic heterocycles. The van der Waals surface area contributed by atoms with Crippen molar-refractivity contribution in [2.45, 2.75) is 6.42 Å². The second-order valence-electron chi connectivity index (χ2n) is 6.82. The molecule has 0 spiro atoms. The number of carboxylic acids is 1. The number of carboxylic acid groups (broad SMARTS) is 1. The van der Waals surface area contributed by atoms with Gasteiger partial charge in [-0.05, 0) is 35.9 Å². The molecule has 0 saturated heterocycles. The van der Waals surface area contributed by atoms with E-state index >= 15 is 0 Å². The fourth-order valence-electron chi connectivity index (χ4n) is 3.15. The molecule has 0 aliphatic carbocycles. The van der Waals surface area contributed by atoms with Crippen LogP contribution in [0, 0.1) is 5.82 Å². The number of phenols is 1. The van der Waals surface area contributed by atoms with E-state index in [1.54, 1.807) is 12.1 Å². The summed E-state index contributed by atoms with van der Waals surface area (Å²) < 4.78 is 13.3. The Bertz CT molecular complexity index is 1310. The van der Waals surface area contributed by atoms with E-state index in [1.165, 1.54) is 48.0 Å². The first-order valence-electron chi connectivity index (χ1n) is 9.50. The number of thiophene rings is 1. The molecule has 162 valence electrons. The van der Waals surface area contributed by atoms with Crippen LogP contribution in [0.15, 0.2) is 54.2 Å². The molecule has 0 saturated carbocycles. The van der Waals surface area contributed by atoms with Gasteiger partial charge in [0.05, 0.1) is 5.39 Å². The summed E-state index contributed by atoms with van der Waals surface area (Å²) in [6.45, 7) is 0.264. The largest absolute Gasteiger partial charge is 0.507 e. The van der Waals surface area contributed by atoms with Gasteiger partial charge in [0.25, 0.3) is 0 Å². The topological polar surface area (TPSA) is 124 Å². The van der Waals surface area contributed by atoms with Crippen LogP contribution in [0.3, 0.4) is 0 Å². The molecule has 0 aliphatic heterocycles. The second kappa shape index (κ2) is 8.98. The first-order chi connectivity index (χ1) is 15.4. The van der Waals surface area contributed by atoms with Crippen molar-refractivity contribution in [3.8, 4) is 16.9 Å². The Kier molecular flexibility index (Phi) is 5.95. The molecule has 4 rings (SSSR count). The van der Waals surface area contributed by atoms with Crippen molar-refractivity contribution in [1.29, 1.82) is 0 Å². The van der Waals surface area contributed by atoms with Gasteiger partial charge in [-0.1, -0.05) is 12.1 Å². The van der Waals surface area contributed by atoms with E-state index in [0.717, 1.165) is 21.3 Å². The van der Waals surface area contributed by atoms with Gasteiger partial charge < -0.3 is 20.8 Å².